The number of pyridine rings is 2. The molecule has 4 heterocycles. The van der Waals surface area contributed by atoms with Crippen molar-refractivity contribution in [2.75, 3.05) is 42.6 Å². The van der Waals surface area contributed by atoms with E-state index < -0.39 is 54.7 Å². The van der Waals surface area contributed by atoms with Crippen molar-refractivity contribution in [1.82, 2.24) is 9.55 Å². The number of hydrogen-bond acceptors (Lipinski definition) is 9. The number of phosphoric acid groups is 1. The summed E-state index contributed by atoms with van der Waals surface area (Å²) in [5, 5.41) is 9.29. The number of fused-ring (bicyclic) bond motifs is 1. The lowest BCUT2D eigenvalue weighted by Crippen LogP contribution is -2.49. The Kier molecular flexibility index (Phi) is 7.56. The Morgan fingerprint density at radius 2 is 1.84 bits per heavy atom. The highest BCUT2D eigenvalue weighted by Crippen LogP contribution is 2.46. The van der Waals surface area contributed by atoms with E-state index in [1.165, 1.54) is 28.1 Å². The molecule has 0 spiro atoms. The minimum Gasteiger partial charge on any atom is -0.487 e. The van der Waals surface area contributed by atoms with E-state index in [4.69, 9.17) is 14.0 Å². The van der Waals surface area contributed by atoms with Gasteiger partial charge in [-0.15, -0.1) is 0 Å². The smallest absolute Gasteiger partial charge is 0.470 e. The molecule has 1 saturated carbocycles. The second-order valence-electron chi connectivity index (χ2n) is 10.9. The highest BCUT2D eigenvalue weighted by atomic mass is 31.2. The third-order valence-electron chi connectivity index (χ3n) is 7.88. The number of ether oxygens (including phenoxy) is 2. The SMILES string of the molecule is O=C(O)c1cn(C2CC2)c2nc(N3CCC(COc4ccc(N5CCOC5=O)cc4F)(OP(=O)(O)O)CC3)c(F)cc2c1=O. The molecule has 3 fully saturated rings. The summed E-state index contributed by atoms with van der Waals surface area (Å²) >= 11 is 0. The van der Waals surface area contributed by atoms with Gasteiger partial charge in [0.1, 0.15) is 30.0 Å². The van der Waals surface area contributed by atoms with Crippen LogP contribution in [0, 0.1) is 11.6 Å². The number of aromatic nitrogens is 2. The molecule has 6 rings (SSSR count). The van der Waals surface area contributed by atoms with Crippen LogP contribution in [0.25, 0.3) is 11.0 Å². The molecule has 234 valence electrons. The van der Waals surface area contributed by atoms with E-state index >= 15 is 4.39 Å². The molecular formula is C27H27F2N4O10P. The first kappa shape index (κ1) is 29.9. The van der Waals surface area contributed by atoms with E-state index in [-0.39, 0.29) is 73.4 Å². The number of hydrogen-bond donors (Lipinski definition) is 3. The van der Waals surface area contributed by atoms with Crippen molar-refractivity contribution < 1.29 is 51.8 Å². The van der Waals surface area contributed by atoms with Crippen molar-refractivity contribution in [3.8, 4) is 5.75 Å². The molecule has 17 heteroatoms. The van der Waals surface area contributed by atoms with Gasteiger partial charge >= 0.3 is 19.9 Å². The van der Waals surface area contributed by atoms with Crippen LogP contribution in [-0.2, 0) is 13.8 Å². The van der Waals surface area contributed by atoms with Gasteiger partial charge in [0.15, 0.2) is 23.2 Å². The van der Waals surface area contributed by atoms with Crippen LogP contribution in [0.1, 0.15) is 42.1 Å². The number of cyclic esters (lactones) is 1. The predicted molar refractivity (Wildman–Crippen MR) is 149 cm³/mol. The number of anilines is 2. The molecule has 0 bridgehead atoms. The number of benzene rings is 1. The van der Waals surface area contributed by atoms with Gasteiger partial charge in [-0.1, -0.05) is 0 Å². The van der Waals surface area contributed by atoms with Crippen molar-refractivity contribution in [3.63, 3.8) is 0 Å². The Balaban J connectivity index is 1.23. The summed E-state index contributed by atoms with van der Waals surface area (Å²) in [5.74, 6) is -3.48. The molecule has 2 aromatic heterocycles. The molecule has 0 atom stereocenters. The minimum atomic E-state index is -5.05. The van der Waals surface area contributed by atoms with Crippen LogP contribution in [0.2, 0.25) is 0 Å². The van der Waals surface area contributed by atoms with Gasteiger partial charge in [-0.3, -0.25) is 14.2 Å². The summed E-state index contributed by atoms with van der Waals surface area (Å²) in [4.78, 5) is 62.6. The molecule has 0 radical (unpaired) electrons. The Bertz CT molecular complexity index is 1770. The molecule has 1 aliphatic carbocycles. The summed E-state index contributed by atoms with van der Waals surface area (Å²) in [6.45, 7) is -0.0393. The summed E-state index contributed by atoms with van der Waals surface area (Å²) in [6.07, 6.45) is 1.93. The van der Waals surface area contributed by atoms with Gasteiger partial charge in [-0.2, -0.15) is 0 Å². The van der Waals surface area contributed by atoms with Crippen LogP contribution >= 0.6 is 7.82 Å². The minimum absolute atomic E-state index is 0.00184. The van der Waals surface area contributed by atoms with Crippen LogP contribution in [0.5, 0.6) is 5.75 Å². The highest BCUT2D eigenvalue weighted by molar-refractivity contribution is 7.46. The van der Waals surface area contributed by atoms with Gasteiger partial charge in [-0.25, -0.2) is 27.9 Å². The molecule has 3 aliphatic rings. The van der Waals surface area contributed by atoms with Crippen molar-refractivity contribution in [2.24, 2.45) is 0 Å². The molecule has 1 amide bonds. The number of carbonyl (C=O) groups is 2. The van der Waals surface area contributed by atoms with E-state index in [2.05, 4.69) is 4.98 Å². The lowest BCUT2D eigenvalue weighted by molar-refractivity contribution is -0.0232. The first-order valence-electron chi connectivity index (χ1n) is 13.7. The van der Waals surface area contributed by atoms with Crippen LogP contribution in [0.3, 0.4) is 0 Å². The van der Waals surface area contributed by atoms with E-state index in [0.29, 0.717) is 0 Å². The Hall–Kier alpha value is -4.11. The maximum Gasteiger partial charge on any atom is 0.470 e. The summed E-state index contributed by atoms with van der Waals surface area (Å²) in [7, 11) is -5.05. The van der Waals surface area contributed by atoms with E-state index in [0.717, 1.165) is 25.0 Å². The molecule has 2 aliphatic heterocycles. The number of amides is 1. The monoisotopic (exact) mass is 636 g/mol. The third kappa shape index (κ3) is 5.85. The zero-order valence-corrected chi connectivity index (χ0v) is 23.9. The Morgan fingerprint density at radius 1 is 1.11 bits per heavy atom. The van der Waals surface area contributed by atoms with E-state index in [1.807, 2.05) is 0 Å². The van der Waals surface area contributed by atoms with Gasteiger partial charge in [-0.05, 0) is 43.9 Å². The van der Waals surface area contributed by atoms with Crippen LogP contribution in [0.4, 0.5) is 25.1 Å². The fourth-order valence-corrected chi connectivity index (χ4v) is 6.23. The molecule has 3 aromatic rings. The predicted octanol–water partition coefficient (Wildman–Crippen LogP) is 3.19. The van der Waals surface area contributed by atoms with Crippen molar-refractivity contribution >= 4 is 42.4 Å². The maximum absolute atomic E-state index is 15.4. The fourth-order valence-electron chi connectivity index (χ4n) is 5.49. The number of carboxylic acids is 1. The standard InChI is InChI=1S/C27H27F2N4O10P/c28-19-11-16(32-9-10-41-26(32)37)3-4-21(19)42-14-27(43-44(38,39)40)5-7-31(8-6-27)24-20(29)12-17-22(34)18(25(35)36)13-33(15-1-2-15)23(17)30-24/h3-4,11-13,15H,1-2,5-10,14H2,(H,35,36)(H2,38,39,40). The second kappa shape index (κ2) is 11.1. The Labute approximate surface area is 247 Å². The first-order valence-corrected chi connectivity index (χ1v) is 15.2. The molecule has 3 N–H and O–H groups in total. The summed E-state index contributed by atoms with van der Waals surface area (Å²) in [5.41, 5.74) is -2.54. The maximum atomic E-state index is 15.4. The molecule has 44 heavy (non-hydrogen) atoms. The number of aromatic carboxylic acids is 1. The van der Waals surface area contributed by atoms with Gasteiger partial charge < -0.3 is 33.8 Å². The van der Waals surface area contributed by atoms with Crippen molar-refractivity contribution in [1.29, 1.82) is 0 Å². The largest absolute Gasteiger partial charge is 0.487 e. The average Bonchev–Trinajstić information content (AvgIpc) is 3.71. The number of nitrogens with zero attached hydrogens (tertiary/aromatic N) is 4. The van der Waals surface area contributed by atoms with Gasteiger partial charge in [0.25, 0.3) is 0 Å². The quantitative estimate of drug-likeness (QED) is 0.292. The Morgan fingerprint density at radius 3 is 2.43 bits per heavy atom. The lowest BCUT2D eigenvalue weighted by atomic mass is 9.92. The topological polar surface area (TPSA) is 181 Å². The van der Waals surface area contributed by atoms with Gasteiger partial charge in [0.05, 0.1) is 17.6 Å². The number of carboxylic acid groups (broad SMARTS) is 1. The molecule has 1 aromatic carbocycles. The normalized spacial score (nSPS) is 18.5. The lowest BCUT2D eigenvalue weighted by Gasteiger charge is -2.41. The van der Waals surface area contributed by atoms with Gasteiger partial charge in [0, 0.05) is 31.4 Å². The number of halogens is 2. The van der Waals surface area contributed by atoms with Crippen molar-refractivity contribution in [3.05, 3.63) is 57.9 Å². The number of phosphoric ester groups is 1. The highest BCUT2D eigenvalue weighted by Gasteiger charge is 2.43. The number of rotatable bonds is 9. The van der Waals surface area contributed by atoms with E-state index in [1.54, 1.807) is 4.57 Å². The fraction of sp³-hybridized carbons (Fsp3) is 0.407. The van der Waals surface area contributed by atoms with Crippen molar-refractivity contribution in [2.45, 2.75) is 37.3 Å². The number of piperidine rings is 1. The van der Waals surface area contributed by atoms with Crippen LogP contribution in [-0.4, -0.2) is 75.0 Å². The average molecular weight is 637 g/mol. The summed E-state index contributed by atoms with van der Waals surface area (Å²) < 4.78 is 59.3. The molecule has 2 saturated heterocycles. The third-order valence-corrected chi connectivity index (χ3v) is 8.50. The molecular weight excluding hydrogens is 609 g/mol. The summed E-state index contributed by atoms with van der Waals surface area (Å²) in [6, 6.07) is 4.68. The number of carbonyl (C=O) groups excluding carboxylic acids is 1. The zero-order valence-electron chi connectivity index (χ0n) is 23.0. The molecule has 0 unspecified atom stereocenters. The van der Waals surface area contributed by atoms with E-state index in [9.17, 15) is 38.2 Å². The first-order chi connectivity index (χ1) is 20.8. The van der Waals surface area contributed by atoms with Crippen LogP contribution < -0.4 is 20.0 Å². The van der Waals surface area contributed by atoms with Crippen LogP contribution in [0.15, 0.2) is 35.3 Å². The zero-order chi connectivity index (χ0) is 31.4. The molecule has 14 nitrogen and oxygen atoms in total. The second-order valence-corrected chi connectivity index (χ2v) is 12.1. The van der Waals surface area contributed by atoms with Gasteiger partial charge in [0.2, 0.25) is 5.43 Å².